The number of rotatable bonds is 5. The topological polar surface area (TPSA) is 42.7 Å². The van der Waals surface area contributed by atoms with Crippen molar-refractivity contribution in [1.29, 1.82) is 0 Å². The number of aryl methyl sites for hydroxylation is 1. The fourth-order valence-corrected chi connectivity index (χ4v) is 1.38. The lowest BCUT2D eigenvalue weighted by Crippen LogP contribution is -2.20. The van der Waals surface area contributed by atoms with Gasteiger partial charge in [0.1, 0.15) is 12.2 Å². The smallest absolute Gasteiger partial charge is 0.320 e. The molecular formula is C7H11F3N4S. The van der Waals surface area contributed by atoms with E-state index < -0.39 is 5.51 Å². The molecule has 0 atom stereocenters. The lowest BCUT2D eigenvalue weighted by molar-refractivity contribution is -0.0327. The molecule has 0 radical (unpaired) electrons. The van der Waals surface area contributed by atoms with Crippen LogP contribution in [-0.2, 0) is 13.6 Å². The molecule has 1 aromatic heterocycles. The first-order valence-corrected chi connectivity index (χ1v) is 5.22. The second-order valence-electron chi connectivity index (χ2n) is 2.83. The van der Waals surface area contributed by atoms with Gasteiger partial charge in [-0.1, -0.05) is 0 Å². The average Bonchev–Trinajstić information content (AvgIpc) is 2.49. The van der Waals surface area contributed by atoms with E-state index in [1.807, 2.05) is 0 Å². The molecule has 0 spiro atoms. The number of alkyl halides is 3. The summed E-state index contributed by atoms with van der Waals surface area (Å²) < 4.78 is 36.9. The summed E-state index contributed by atoms with van der Waals surface area (Å²) in [5, 5.41) is 10.3. The van der Waals surface area contributed by atoms with Gasteiger partial charge in [0.15, 0.2) is 0 Å². The van der Waals surface area contributed by atoms with Gasteiger partial charge in [0.05, 0.1) is 6.54 Å². The van der Waals surface area contributed by atoms with Crippen molar-refractivity contribution in [2.24, 2.45) is 7.05 Å². The molecule has 1 N–H and O–H groups in total. The summed E-state index contributed by atoms with van der Waals surface area (Å²) in [5.74, 6) is 0.702. The zero-order valence-corrected chi connectivity index (χ0v) is 8.90. The minimum absolute atomic E-state index is 0.00134. The van der Waals surface area contributed by atoms with Crippen LogP contribution in [-0.4, -0.2) is 32.6 Å². The Morgan fingerprint density at radius 2 is 2.27 bits per heavy atom. The molecule has 86 valence electrons. The van der Waals surface area contributed by atoms with Crippen molar-refractivity contribution >= 4 is 11.8 Å². The second kappa shape index (κ2) is 5.36. The van der Waals surface area contributed by atoms with Crippen molar-refractivity contribution in [1.82, 2.24) is 20.1 Å². The van der Waals surface area contributed by atoms with Crippen molar-refractivity contribution in [3.63, 3.8) is 0 Å². The third kappa shape index (κ3) is 5.03. The lowest BCUT2D eigenvalue weighted by Gasteiger charge is -2.06. The summed E-state index contributed by atoms with van der Waals surface area (Å²) in [6.07, 6.45) is 1.54. The Morgan fingerprint density at radius 1 is 1.53 bits per heavy atom. The van der Waals surface area contributed by atoms with Gasteiger partial charge in [0.25, 0.3) is 0 Å². The second-order valence-corrected chi connectivity index (χ2v) is 3.99. The Bertz CT molecular complexity index is 299. The number of thioether (sulfide) groups is 1. The highest BCUT2D eigenvalue weighted by Crippen LogP contribution is 2.29. The van der Waals surface area contributed by atoms with Gasteiger partial charge in [-0.15, -0.1) is 10.2 Å². The molecule has 0 aliphatic rings. The van der Waals surface area contributed by atoms with E-state index in [1.165, 1.54) is 0 Å². The molecule has 0 unspecified atom stereocenters. The number of nitrogens with zero attached hydrogens (tertiary/aromatic N) is 3. The Balaban J connectivity index is 2.10. The zero-order chi connectivity index (χ0) is 11.3. The van der Waals surface area contributed by atoms with Crippen LogP contribution in [0.15, 0.2) is 6.33 Å². The Morgan fingerprint density at radius 3 is 2.80 bits per heavy atom. The molecule has 15 heavy (non-hydrogen) atoms. The predicted molar refractivity (Wildman–Crippen MR) is 51.2 cm³/mol. The van der Waals surface area contributed by atoms with Crippen LogP contribution >= 0.6 is 11.8 Å². The fourth-order valence-electron chi connectivity index (χ4n) is 0.906. The highest BCUT2D eigenvalue weighted by atomic mass is 32.2. The van der Waals surface area contributed by atoms with E-state index in [1.54, 1.807) is 17.9 Å². The third-order valence-electron chi connectivity index (χ3n) is 1.63. The minimum Gasteiger partial charge on any atom is -0.320 e. The molecule has 0 aliphatic heterocycles. The number of hydrogen-bond donors (Lipinski definition) is 1. The molecule has 4 nitrogen and oxygen atoms in total. The van der Waals surface area contributed by atoms with Gasteiger partial charge in [-0.05, 0) is 11.8 Å². The van der Waals surface area contributed by atoms with Gasteiger partial charge >= 0.3 is 5.51 Å². The van der Waals surface area contributed by atoms with Crippen LogP contribution in [0.5, 0.6) is 0 Å². The molecule has 0 aliphatic carbocycles. The molecule has 0 aromatic carbocycles. The molecule has 0 bridgehead atoms. The number of aromatic nitrogens is 3. The van der Waals surface area contributed by atoms with E-state index in [9.17, 15) is 13.2 Å². The summed E-state index contributed by atoms with van der Waals surface area (Å²) in [6, 6.07) is 0. The molecule has 0 amide bonds. The van der Waals surface area contributed by atoms with Crippen LogP contribution in [0.1, 0.15) is 5.82 Å². The summed E-state index contributed by atoms with van der Waals surface area (Å²) in [6.45, 7) is 0.714. The van der Waals surface area contributed by atoms with Crippen molar-refractivity contribution in [2.45, 2.75) is 12.1 Å². The molecule has 0 fully saturated rings. The monoisotopic (exact) mass is 240 g/mol. The summed E-state index contributed by atoms with van der Waals surface area (Å²) in [7, 11) is 1.78. The van der Waals surface area contributed by atoms with E-state index >= 15 is 0 Å². The maximum absolute atomic E-state index is 11.7. The van der Waals surface area contributed by atoms with E-state index in [2.05, 4.69) is 15.5 Å². The number of halogens is 3. The van der Waals surface area contributed by atoms with Gasteiger partial charge in [-0.3, -0.25) is 0 Å². The summed E-state index contributed by atoms with van der Waals surface area (Å²) >= 11 is -0.0304. The molecular weight excluding hydrogens is 229 g/mol. The van der Waals surface area contributed by atoms with Gasteiger partial charge in [0, 0.05) is 19.3 Å². The van der Waals surface area contributed by atoms with Gasteiger partial charge in [-0.2, -0.15) is 13.2 Å². The van der Waals surface area contributed by atoms with Crippen LogP contribution in [0.25, 0.3) is 0 Å². The van der Waals surface area contributed by atoms with Crippen molar-refractivity contribution in [2.75, 3.05) is 12.3 Å². The first-order valence-electron chi connectivity index (χ1n) is 4.23. The Kier molecular flexibility index (Phi) is 4.40. The van der Waals surface area contributed by atoms with E-state index in [-0.39, 0.29) is 24.1 Å². The minimum atomic E-state index is -4.15. The molecule has 0 saturated heterocycles. The third-order valence-corrected chi connectivity index (χ3v) is 2.37. The summed E-state index contributed by atoms with van der Waals surface area (Å²) in [5.41, 5.74) is -4.15. The first kappa shape index (κ1) is 12.3. The predicted octanol–water partition coefficient (Wildman–Crippen LogP) is 1.16. The van der Waals surface area contributed by atoms with Crippen LogP contribution in [0.3, 0.4) is 0 Å². The van der Waals surface area contributed by atoms with Crippen LogP contribution in [0.2, 0.25) is 0 Å². The van der Waals surface area contributed by atoms with Gasteiger partial charge in [-0.25, -0.2) is 0 Å². The van der Waals surface area contributed by atoms with Crippen molar-refractivity contribution in [3.05, 3.63) is 12.2 Å². The van der Waals surface area contributed by atoms with Crippen LogP contribution in [0, 0.1) is 0 Å². The Hall–Kier alpha value is -0.760. The molecule has 0 saturated carbocycles. The maximum Gasteiger partial charge on any atom is 0.441 e. The number of hydrogen-bond acceptors (Lipinski definition) is 4. The SMILES string of the molecule is Cn1cnnc1CNCCSC(F)(F)F. The normalized spacial score (nSPS) is 12.0. The van der Waals surface area contributed by atoms with Crippen molar-refractivity contribution < 1.29 is 13.2 Å². The quantitative estimate of drug-likeness (QED) is 0.784. The largest absolute Gasteiger partial charge is 0.441 e. The highest BCUT2D eigenvalue weighted by molar-refractivity contribution is 8.00. The van der Waals surface area contributed by atoms with E-state index in [0.29, 0.717) is 12.4 Å². The standard InChI is InChI=1S/C7H11F3N4S/c1-14-5-12-13-6(14)4-11-2-3-15-7(8,9)10/h5,11H,2-4H2,1H3. The van der Waals surface area contributed by atoms with Crippen LogP contribution < -0.4 is 5.32 Å². The van der Waals surface area contributed by atoms with Crippen molar-refractivity contribution in [3.8, 4) is 0 Å². The fraction of sp³-hybridized carbons (Fsp3) is 0.714. The van der Waals surface area contributed by atoms with Gasteiger partial charge < -0.3 is 9.88 Å². The Labute approximate surface area is 89.3 Å². The van der Waals surface area contributed by atoms with E-state index in [0.717, 1.165) is 0 Å². The molecule has 1 rings (SSSR count). The number of nitrogens with one attached hydrogen (secondary N) is 1. The lowest BCUT2D eigenvalue weighted by atomic mass is 10.5. The summed E-state index contributed by atoms with van der Waals surface area (Å²) in [4.78, 5) is 0. The highest BCUT2D eigenvalue weighted by Gasteiger charge is 2.27. The molecule has 1 heterocycles. The zero-order valence-electron chi connectivity index (χ0n) is 8.08. The first-order chi connectivity index (χ1) is 6.99. The molecule has 8 heteroatoms. The maximum atomic E-state index is 11.7. The molecule has 1 aromatic rings. The average molecular weight is 240 g/mol. The van der Waals surface area contributed by atoms with Crippen LogP contribution in [0.4, 0.5) is 13.2 Å². The van der Waals surface area contributed by atoms with E-state index in [4.69, 9.17) is 0 Å². The van der Waals surface area contributed by atoms with Gasteiger partial charge in [0.2, 0.25) is 0 Å².